The molecule has 0 spiro atoms. The molecule has 2 atom stereocenters. The Morgan fingerprint density at radius 2 is 1.42 bits per heavy atom. The maximum absolute atomic E-state index is 12.3. The fourth-order valence-corrected chi connectivity index (χ4v) is 2.89. The molecule has 0 aliphatic heterocycles. The zero-order valence-corrected chi connectivity index (χ0v) is 14.5. The Bertz CT molecular complexity index is 807. The van der Waals surface area contributed by atoms with E-state index in [2.05, 4.69) is 10.6 Å². The van der Waals surface area contributed by atoms with Crippen LogP contribution in [0.2, 0.25) is 10.0 Å². The Hall–Kier alpha value is -2.04. The fourth-order valence-electron chi connectivity index (χ4n) is 2.53. The molecule has 2 unspecified atom stereocenters. The lowest BCUT2D eigenvalue weighted by Crippen LogP contribution is -2.21. The number of benzene rings is 2. The van der Waals surface area contributed by atoms with E-state index >= 15 is 0 Å². The van der Waals surface area contributed by atoms with Crippen LogP contribution in [0.3, 0.4) is 0 Å². The highest BCUT2D eigenvalue weighted by Gasteiger charge is 2.48. The van der Waals surface area contributed by atoms with Crippen molar-refractivity contribution in [2.24, 2.45) is 11.8 Å². The monoisotopic (exact) mass is 362 g/mol. The van der Waals surface area contributed by atoms with Gasteiger partial charge in [0.05, 0.1) is 22.5 Å². The van der Waals surface area contributed by atoms with Gasteiger partial charge in [-0.2, -0.15) is 0 Å². The van der Waals surface area contributed by atoms with Crippen molar-refractivity contribution >= 4 is 46.4 Å². The minimum Gasteiger partial charge on any atom is -0.326 e. The average molecular weight is 363 g/mol. The van der Waals surface area contributed by atoms with Crippen molar-refractivity contribution in [1.29, 1.82) is 0 Å². The molecule has 1 fully saturated rings. The van der Waals surface area contributed by atoms with E-state index in [1.54, 1.807) is 42.5 Å². The third kappa shape index (κ3) is 3.55. The zero-order valence-electron chi connectivity index (χ0n) is 13.0. The Labute approximate surface area is 150 Å². The summed E-state index contributed by atoms with van der Waals surface area (Å²) in [6.45, 7) is 1.84. The van der Waals surface area contributed by atoms with Gasteiger partial charge in [-0.15, -0.1) is 0 Å². The van der Waals surface area contributed by atoms with Crippen LogP contribution in [0.1, 0.15) is 12.0 Å². The predicted octanol–water partition coefficient (Wildman–Crippen LogP) is 4.52. The lowest BCUT2D eigenvalue weighted by atomic mass is 10.2. The van der Waals surface area contributed by atoms with E-state index in [0.717, 1.165) is 5.56 Å². The third-order valence-corrected chi connectivity index (χ3v) is 4.86. The van der Waals surface area contributed by atoms with Crippen LogP contribution < -0.4 is 10.6 Å². The highest BCUT2D eigenvalue weighted by Crippen LogP contribution is 2.41. The molecule has 2 aromatic carbocycles. The Kier molecular flexibility index (Phi) is 4.78. The molecule has 24 heavy (non-hydrogen) atoms. The van der Waals surface area contributed by atoms with Gasteiger partial charge in [0.2, 0.25) is 11.8 Å². The summed E-state index contributed by atoms with van der Waals surface area (Å²) >= 11 is 12.1. The van der Waals surface area contributed by atoms with E-state index in [-0.39, 0.29) is 23.7 Å². The Morgan fingerprint density at radius 3 is 2.08 bits per heavy atom. The van der Waals surface area contributed by atoms with Crippen LogP contribution in [-0.4, -0.2) is 11.8 Å². The molecule has 0 saturated heterocycles. The van der Waals surface area contributed by atoms with Gasteiger partial charge in [0, 0.05) is 10.7 Å². The number of carbonyl (C=O) groups excluding carboxylic acids is 2. The largest absolute Gasteiger partial charge is 0.326 e. The molecular weight excluding hydrogens is 347 g/mol. The van der Waals surface area contributed by atoms with E-state index in [0.29, 0.717) is 27.8 Å². The minimum absolute atomic E-state index is 0.167. The van der Waals surface area contributed by atoms with Crippen LogP contribution in [0.15, 0.2) is 42.5 Å². The first-order valence-corrected chi connectivity index (χ1v) is 8.34. The lowest BCUT2D eigenvalue weighted by molar-refractivity contribution is -0.122. The topological polar surface area (TPSA) is 58.2 Å². The number of amides is 2. The van der Waals surface area contributed by atoms with Gasteiger partial charge in [-0.1, -0.05) is 41.4 Å². The second-order valence-electron chi connectivity index (χ2n) is 5.82. The third-order valence-electron chi connectivity index (χ3n) is 4.12. The van der Waals surface area contributed by atoms with E-state index in [9.17, 15) is 9.59 Å². The molecule has 4 nitrogen and oxygen atoms in total. The summed E-state index contributed by atoms with van der Waals surface area (Å²) in [5.74, 6) is -1.02. The first kappa shape index (κ1) is 16.8. The van der Waals surface area contributed by atoms with Crippen molar-refractivity contribution in [1.82, 2.24) is 0 Å². The van der Waals surface area contributed by atoms with Gasteiger partial charge in [-0.3, -0.25) is 9.59 Å². The Morgan fingerprint density at radius 1 is 0.875 bits per heavy atom. The number of para-hydroxylation sites is 1. The highest BCUT2D eigenvalue weighted by molar-refractivity contribution is 6.33. The molecule has 2 amide bonds. The standard InChI is InChI=1S/C18H16Cl2N2O2/c1-10-13(19)6-4-8-15(10)21-17(23)11-9-12(11)18(24)22-16-7-3-2-5-14(16)20/h2-8,11-12H,9H2,1H3,(H,21,23)(H,22,24). The highest BCUT2D eigenvalue weighted by atomic mass is 35.5. The van der Waals surface area contributed by atoms with Crippen LogP contribution >= 0.6 is 23.2 Å². The minimum atomic E-state index is -0.333. The molecule has 0 heterocycles. The van der Waals surface area contributed by atoms with Crippen LogP contribution in [0.5, 0.6) is 0 Å². The van der Waals surface area contributed by atoms with E-state index in [1.807, 2.05) is 6.92 Å². The van der Waals surface area contributed by atoms with Gasteiger partial charge >= 0.3 is 0 Å². The number of nitrogens with one attached hydrogen (secondary N) is 2. The molecule has 1 aliphatic rings. The van der Waals surface area contributed by atoms with Crippen molar-refractivity contribution in [3.8, 4) is 0 Å². The molecule has 0 bridgehead atoms. The molecule has 2 aromatic rings. The molecule has 2 N–H and O–H groups in total. The number of carbonyl (C=O) groups is 2. The molecule has 1 saturated carbocycles. The van der Waals surface area contributed by atoms with Crippen LogP contribution in [0.4, 0.5) is 11.4 Å². The van der Waals surface area contributed by atoms with Crippen LogP contribution in [-0.2, 0) is 9.59 Å². The van der Waals surface area contributed by atoms with Gasteiger partial charge in [0.15, 0.2) is 0 Å². The normalized spacial score (nSPS) is 18.8. The molecule has 6 heteroatoms. The van der Waals surface area contributed by atoms with E-state index in [1.165, 1.54) is 0 Å². The SMILES string of the molecule is Cc1c(Cl)cccc1NC(=O)C1CC1C(=O)Nc1ccccc1Cl. The van der Waals surface area contributed by atoms with Gasteiger partial charge < -0.3 is 10.6 Å². The maximum atomic E-state index is 12.3. The summed E-state index contributed by atoms with van der Waals surface area (Å²) in [5, 5.41) is 6.68. The van der Waals surface area contributed by atoms with Crippen molar-refractivity contribution in [2.75, 3.05) is 10.6 Å². The van der Waals surface area contributed by atoms with Crippen molar-refractivity contribution < 1.29 is 9.59 Å². The van der Waals surface area contributed by atoms with E-state index in [4.69, 9.17) is 23.2 Å². The van der Waals surface area contributed by atoms with Gasteiger partial charge in [0.25, 0.3) is 0 Å². The number of halogens is 2. The van der Waals surface area contributed by atoms with Crippen molar-refractivity contribution in [2.45, 2.75) is 13.3 Å². The zero-order chi connectivity index (χ0) is 17.3. The summed E-state index contributed by atoms with van der Waals surface area (Å²) in [7, 11) is 0. The Balaban J connectivity index is 1.60. The average Bonchev–Trinajstić information content (AvgIpc) is 3.35. The summed E-state index contributed by atoms with van der Waals surface area (Å²) in [4.78, 5) is 24.6. The first-order chi connectivity index (χ1) is 11.5. The quantitative estimate of drug-likeness (QED) is 0.839. The van der Waals surface area contributed by atoms with Crippen molar-refractivity contribution in [3.63, 3.8) is 0 Å². The second-order valence-corrected chi connectivity index (χ2v) is 6.63. The summed E-state index contributed by atoms with van der Waals surface area (Å²) in [6, 6.07) is 12.4. The number of rotatable bonds is 4. The van der Waals surface area contributed by atoms with Gasteiger partial charge in [0.1, 0.15) is 0 Å². The fraction of sp³-hybridized carbons (Fsp3) is 0.222. The van der Waals surface area contributed by atoms with Crippen LogP contribution in [0.25, 0.3) is 0 Å². The summed E-state index contributed by atoms with van der Waals surface area (Å²) < 4.78 is 0. The van der Waals surface area contributed by atoms with E-state index < -0.39 is 0 Å². The predicted molar refractivity (Wildman–Crippen MR) is 96.5 cm³/mol. The molecule has 3 rings (SSSR count). The summed E-state index contributed by atoms with van der Waals surface area (Å²) in [6.07, 6.45) is 0.529. The first-order valence-electron chi connectivity index (χ1n) is 7.58. The number of anilines is 2. The maximum Gasteiger partial charge on any atom is 0.228 e. The molecule has 0 aromatic heterocycles. The van der Waals surface area contributed by atoms with Crippen LogP contribution in [0, 0.1) is 18.8 Å². The van der Waals surface area contributed by atoms with Crippen molar-refractivity contribution in [3.05, 3.63) is 58.1 Å². The number of hydrogen-bond donors (Lipinski definition) is 2. The lowest BCUT2D eigenvalue weighted by Gasteiger charge is -2.10. The summed E-state index contributed by atoms with van der Waals surface area (Å²) in [5.41, 5.74) is 2.04. The molecule has 1 aliphatic carbocycles. The number of hydrogen-bond acceptors (Lipinski definition) is 2. The molecular formula is C18H16Cl2N2O2. The smallest absolute Gasteiger partial charge is 0.228 e. The second kappa shape index (κ2) is 6.83. The molecule has 124 valence electrons. The van der Waals surface area contributed by atoms with Gasteiger partial charge in [-0.25, -0.2) is 0 Å². The molecule has 0 radical (unpaired) electrons. The van der Waals surface area contributed by atoms with Gasteiger partial charge in [-0.05, 0) is 43.2 Å².